The Labute approximate surface area is 130 Å². The summed E-state index contributed by atoms with van der Waals surface area (Å²) >= 11 is 0. The van der Waals surface area contributed by atoms with Crippen LogP contribution in [0.15, 0.2) is 43.0 Å². The van der Waals surface area contributed by atoms with E-state index in [1.54, 1.807) is 43.3 Å². The molecule has 1 aromatic carbocycles. The molecule has 6 nitrogen and oxygen atoms in total. The van der Waals surface area contributed by atoms with E-state index in [0.717, 1.165) is 0 Å². The summed E-state index contributed by atoms with van der Waals surface area (Å²) in [4.78, 5) is 11.1. The van der Waals surface area contributed by atoms with Crippen LogP contribution in [0.2, 0.25) is 0 Å². The predicted molar refractivity (Wildman–Crippen MR) is 83.6 cm³/mol. The Morgan fingerprint density at radius 1 is 1.50 bits per heavy atom. The van der Waals surface area contributed by atoms with E-state index >= 15 is 0 Å². The van der Waals surface area contributed by atoms with Crippen LogP contribution < -0.4 is 5.73 Å². The van der Waals surface area contributed by atoms with Crippen LogP contribution in [-0.4, -0.2) is 31.1 Å². The maximum Gasteiger partial charge on any atom is 0.326 e. The molecule has 1 aliphatic carbocycles. The lowest BCUT2D eigenvalue weighted by atomic mass is 10.2. The Balaban J connectivity index is 0.000000220. The Bertz CT molecular complexity index is 614. The molecule has 0 bridgehead atoms. The molecule has 1 saturated carbocycles. The van der Waals surface area contributed by atoms with E-state index < -0.39 is 15.7 Å². The lowest BCUT2D eigenvalue weighted by Gasteiger charge is -2.07. The Kier molecular flexibility index (Phi) is 6.28. The lowest BCUT2D eigenvalue weighted by molar-refractivity contribution is -0.146. The van der Waals surface area contributed by atoms with Crippen molar-refractivity contribution in [3.63, 3.8) is 0 Å². The number of benzene rings is 1. The molecule has 0 aromatic heterocycles. The molecule has 2 atom stereocenters. The minimum absolute atomic E-state index is 0.113. The average molecular weight is 327 g/mol. The molecule has 0 unspecified atom stereocenters. The van der Waals surface area contributed by atoms with Crippen LogP contribution in [0, 0.1) is 5.92 Å². The summed E-state index contributed by atoms with van der Waals surface area (Å²) < 4.78 is 33.9. The molecule has 22 heavy (non-hydrogen) atoms. The van der Waals surface area contributed by atoms with Gasteiger partial charge in [0.25, 0.3) is 10.1 Å². The second-order valence-corrected chi connectivity index (χ2v) is 6.47. The summed E-state index contributed by atoms with van der Waals surface area (Å²) in [6.07, 6.45) is 2.38. The largest absolute Gasteiger partial charge is 0.465 e. The van der Waals surface area contributed by atoms with E-state index in [9.17, 15) is 13.2 Å². The van der Waals surface area contributed by atoms with Crippen LogP contribution in [0.4, 0.5) is 0 Å². The van der Waals surface area contributed by atoms with Gasteiger partial charge < -0.3 is 10.5 Å². The van der Waals surface area contributed by atoms with E-state index in [1.165, 1.54) is 0 Å². The highest BCUT2D eigenvalue weighted by atomic mass is 32.2. The van der Waals surface area contributed by atoms with Crippen molar-refractivity contribution in [2.45, 2.75) is 24.6 Å². The lowest BCUT2D eigenvalue weighted by Crippen LogP contribution is -2.36. The second-order valence-electron chi connectivity index (χ2n) is 5.02. The fourth-order valence-corrected chi connectivity index (χ4v) is 2.50. The quantitative estimate of drug-likeness (QED) is 0.482. The molecule has 3 N–H and O–H groups in total. The first kappa shape index (κ1) is 18.3. The summed E-state index contributed by atoms with van der Waals surface area (Å²) in [5.41, 5.74) is 5.53. The van der Waals surface area contributed by atoms with Gasteiger partial charge in [-0.2, -0.15) is 8.42 Å². The minimum atomic E-state index is -3.88. The molecular formula is C15H21NO5S. The number of carbonyl (C=O) groups excluding carboxylic acids is 1. The van der Waals surface area contributed by atoms with Gasteiger partial charge in [0.15, 0.2) is 0 Å². The number of hydrogen-bond donors (Lipinski definition) is 2. The third-order valence-corrected chi connectivity index (χ3v) is 3.89. The number of esters is 1. The monoisotopic (exact) mass is 327 g/mol. The van der Waals surface area contributed by atoms with Crippen LogP contribution in [0.1, 0.15) is 18.9 Å². The topological polar surface area (TPSA) is 107 Å². The molecule has 1 aliphatic rings. The van der Waals surface area contributed by atoms with E-state index in [4.69, 9.17) is 15.0 Å². The highest BCUT2D eigenvalue weighted by Gasteiger charge is 2.56. The molecule has 0 saturated heterocycles. The summed E-state index contributed by atoms with van der Waals surface area (Å²) in [7, 11) is -3.88. The third kappa shape index (κ3) is 5.59. The first-order valence-corrected chi connectivity index (χ1v) is 8.41. The molecule has 0 amide bonds. The number of ether oxygens (including phenoxy) is 1. The average Bonchev–Trinajstić information content (AvgIpc) is 3.12. The number of nitrogens with two attached hydrogens (primary N) is 1. The molecule has 122 valence electrons. The van der Waals surface area contributed by atoms with Crippen molar-refractivity contribution in [2.24, 2.45) is 11.7 Å². The maximum absolute atomic E-state index is 11.1. The molecule has 0 spiro atoms. The van der Waals surface area contributed by atoms with Gasteiger partial charge in [0, 0.05) is 5.92 Å². The zero-order valence-corrected chi connectivity index (χ0v) is 13.3. The summed E-state index contributed by atoms with van der Waals surface area (Å²) in [6, 6.07) is 8.52. The number of rotatable bonds is 5. The van der Waals surface area contributed by atoms with Crippen LogP contribution in [0.25, 0.3) is 0 Å². The normalized spacial score (nSPS) is 23.0. The third-order valence-electron chi connectivity index (χ3n) is 3.19. The highest BCUT2D eigenvalue weighted by molar-refractivity contribution is 7.85. The van der Waals surface area contributed by atoms with Gasteiger partial charge in [-0.15, -0.1) is 6.58 Å². The molecule has 1 aromatic rings. The van der Waals surface area contributed by atoms with Crippen LogP contribution in [0.3, 0.4) is 0 Å². The molecule has 0 heterocycles. The zero-order valence-electron chi connectivity index (χ0n) is 12.4. The van der Waals surface area contributed by atoms with Crippen molar-refractivity contribution >= 4 is 16.1 Å². The van der Waals surface area contributed by atoms with Crippen LogP contribution >= 0.6 is 0 Å². The van der Waals surface area contributed by atoms with Crippen LogP contribution in [-0.2, 0) is 25.4 Å². The van der Waals surface area contributed by atoms with Crippen molar-refractivity contribution in [3.05, 3.63) is 48.6 Å². The van der Waals surface area contributed by atoms with Gasteiger partial charge in [-0.3, -0.25) is 9.35 Å². The van der Waals surface area contributed by atoms with E-state index in [2.05, 4.69) is 6.58 Å². The van der Waals surface area contributed by atoms with E-state index in [0.29, 0.717) is 18.6 Å². The van der Waals surface area contributed by atoms with Crippen LogP contribution in [0.5, 0.6) is 0 Å². The van der Waals surface area contributed by atoms with Gasteiger partial charge in [0.05, 0.1) is 6.61 Å². The zero-order chi connectivity index (χ0) is 16.8. The van der Waals surface area contributed by atoms with Crippen molar-refractivity contribution in [1.29, 1.82) is 0 Å². The van der Waals surface area contributed by atoms with Gasteiger partial charge in [-0.1, -0.05) is 36.4 Å². The number of hydrogen-bond acceptors (Lipinski definition) is 5. The predicted octanol–water partition coefficient (Wildman–Crippen LogP) is 1.53. The Hall–Kier alpha value is -1.70. The van der Waals surface area contributed by atoms with Crippen molar-refractivity contribution < 1.29 is 22.5 Å². The maximum atomic E-state index is 11.1. The Morgan fingerprint density at radius 3 is 2.50 bits per heavy atom. The SMILES string of the molecule is C=C[C@@H]1C[C@]1(N)C(=O)OCC.O=S(=O)(O)Cc1ccccc1. The summed E-state index contributed by atoms with van der Waals surface area (Å²) in [5.74, 6) is -0.500. The first-order valence-electron chi connectivity index (χ1n) is 6.80. The van der Waals surface area contributed by atoms with Crippen molar-refractivity contribution in [2.75, 3.05) is 6.61 Å². The molecule has 7 heteroatoms. The molecular weight excluding hydrogens is 306 g/mol. The summed E-state index contributed by atoms with van der Waals surface area (Å²) in [5, 5.41) is 0. The second kappa shape index (κ2) is 7.53. The standard InChI is InChI=1S/C8H13NO2.C7H8O3S/c1-3-6-5-8(6,9)7(10)11-4-2;8-11(9,10)6-7-4-2-1-3-5-7/h3,6H,1,4-5,9H2,2H3;1-5H,6H2,(H,8,9,10)/t6-,8-;/m1./s1. The van der Waals surface area contributed by atoms with Crippen molar-refractivity contribution in [3.8, 4) is 0 Å². The van der Waals surface area contributed by atoms with E-state index in [1.807, 2.05) is 0 Å². The fraction of sp³-hybridized carbons (Fsp3) is 0.400. The Morgan fingerprint density at radius 2 is 2.09 bits per heavy atom. The molecule has 2 rings (SSSR count). The van der Waals surface area contributed by atoms with Gasteiger partial charge in [0.2, 0.25) is 0 Å². The molecule has 0 radical (unpaired) electrons. The van der Waals surface area contributed by atoms with Gasteiger partial charge in [0.1, 0.15) is 11.3 Å². The van der Waals surface area contributed by atoms with Gasteiger partial charge in [-0.25, -0.2) is 0 Å². The number of carbonyl (C=O) groups is 1. The van der Waals surface area contributed by atoms with Gasteiger partial charge >= 0.3 is 5.97 Å². The minimum Gasteiger partial charge on any atom is -0.465 e. The van der Waals surface area contributed by atoms with Gasteiger partial charge in [-0.05, 0) is 18.9 Å². The smallest absolute Gasteiger partial charge is 0.326 e. The van der Waals surface area contributed by atoms with Crippen molar-refractivity contribution in [1.82, 2.24) is 0 Å². The molecule has 0 aliphatic heterocycles. The summed E-state index contributed by atoms with van der Waals surface area (Å²) in [6.45, 7) is 5.73. The molecule has 1 fully saturated rings. The first-order chi connectivity index (χ1) is 10.2. The highest BCUT2D eigenvalue weighted by Crippen LogP contribution is 2.42. The van der Waals surface area contributed by atoms with E-state index in [-0.39, 0.29) is 17.6 Å². The fourth-order valence-electron chi connectivity index (χ4n) is 1.88.